The van der Waals surface area contributed by atoms with E-state index in [2.05, 4.69) is 5.32 Å². The molecule has 0 aliphatic heterocycles. The van der Waals surface area contributed by atoms with Gasteiger partial charge in [-0.15, -0.1) is 0 Å². The minimum atomic E-state index is -4.39. The van der Waals surface area contributed by atoms with Crippen molar-refractivity contribution in [2.45, 2.75) is 4.90 Å². The number of hydrogen-bond donors (Lipinski definition) is 2. The summed E-state index contributed by atoms with van der Waals surface area (Å²) in [5.74, 6) is 0.153. The normalized spacial score (nSPS) is 10.9. The first-order valence-corrected chi connectivity index (χ1v) is 8.43. The van der Waals surface area contributed by atoms with E-state index in [-0.39, 0.29) is 21.9 Å². The molecule has 2 rings (SSSR count). The molecule has 1 amide bonds. The van der Waals surface area contributed by atoms with Crippen LogP contribution in [0.4, 0.5) is 5.69 Å². The number of carbonyl (C=O) groups is 1. The lowest BCUT2D eigenvalue weighted by Gasteiger charge is -2.15. The van der Waals surface area contributed by atoms with Crippen LogP contribution in [0.1, 0.15) is 10.4 Å². The van der Waals surface area contributed by atoms with Gasteiger partial charge in [-0.2, -0.15) is 8.42 Å². The van der Waals surface area contributed by atoms with Gasteiger partial charge in [0.25, 0.3) is 16.0 Å². The van der Waals surface area contributed by atoms with Gasteiger partial charge in [0.2, 0.25) is 0 Å². The fourth-order valence-corrected chi connectivity index (χ4v) is 2.69. The summed E-state index contributed by atoms with van der Waals surface area (Å²) in [6.45, 7) is 0. The van der Waals surface area contributed by atoms with Gasteiger partial charge in [-0.25, -0.2) is 0 Å². The average molecular weight is 367 g/mol. The number of methoxy groups -OCH3 is 3. The van der Waals surface area contributed by atoms with Crippen molar-refractivity contribution in [3.63, 3.8) is 0 Å². The number of anilines is 1. The first kappa shape index (κ1) is 18.6. The molecule has 8 nitrogen and oxygen atoms in total. The van der Waals surface area contributed by atoms with Crippen molar-refractivity contribution in [3.8, 4) is 17.2 Å². The fourth-order valence-electron chi connectivity index (χ4n) is 2.20. The largest absolute Gasteiger partial charge is 0.496 e. The van der Waals surface area contributed by atoms with Gasteiger partial charge in [-0.1, -0.05) is 6.07 Å². The molecule has 2 N–H and O–H groups in total. The van der Waals surface area contributed by atoms with E-state index in [0.29, 0.717) is 11.5 Å². The molecule has 134 valence electrons. The lowest BCUT2D eigenvalue weighted by Crippen LogP contribution is -2.15. The maximum absolute atomic E-state index is 12.6. The third kappa shape index (κ3) is 4.01. The van der Waals surface area contributed by atoms with Gasteiger partial charge in [0.15, 0.2) is 0 Å². The van der Waals surface area contributed by atoms with Gasteiger partial charge in [-0.3, -0.25) is 9.35 Å². The van der Waals surface area contributed by atoms with Crippen molar-refractivity contribution in [1.82, 2.24) is 0 Å². The maximum Gasteiger partial charge on any atom is 0.294 e. The molecule has 0 aromatic heterocycles. The van der Waals surface area contributed by atoms with Gasteiger partial charge < -0.3 is 19.5 Å². The zero-order chi connectivity index (χ0) is 18.6. The van der Waals surface area contributed by atoms with Crippen LogP contribution in [0, 0.1) is 0 Å². The van der Waals surface area contributed by atoms with E-state index in [9.17, 15) is 13.2 Å². The number of nitrogens with one attached hydrogen (secondary N) is 1. The quantitative estimate of drug-likeness (QED) is 0.753. The Morgan fingerprint density at radius 3 is 2.00 bits per heavy atom. The molecule has 0 saturated carbocycles. The summed E-state index contributed by atoms with van der Waals surface area (Å²) in [7, 11) is -0.232. The van der Waals surface area contributed by atoms with Crippen molar-refractivity contribution in [3.05, 3.63) is 42.0 Å². The van der Waals surface area contributed by atoms with Crippen LogP contribution < -0.4 is 19.5 Å². The summed E-state index contributed by atoms with van der Waals surface area (Å²) in [4.78, 5) is 12.3. The monoisotopic (exact) mass is 367 g/mol. The highest BCUT2D eigenvalue weighted by atomic mass is 32.2. The molecule has 25 heavy (non-hydrogen) atoms. The third-order valence-electron chi connectivity index (χ3n) is 3.37. The smallest absolute Gasteiger partial charge is 0.294 e. The Kier molecular flexibility index (Phi) is 5.50. The number of amides is 1. The number of hydrogen-bond acceptors (Lipinski definition) is 6. The second-order valence-electron chi connectivity index (χ2n) is 4.83. The Hall–Kier alpha value is -2.78. The Morgan fingerprint density at radius 1 is 0.960 bits per heavy atom. The summed E-state index contributed by atoms with van der Waals surface area (Å²) in [5.41, 5.74) is 0.390. The second-order valence-corrected chi connectivity index (χ2v) is 6.25. The zero-order valence-electron chi connectivity index (χ0n) is 13.8. The number of benzene rings is 2. The predicted molar refractivity (Wildman–Crippen MR) is 90.3 cm³/mol. The molecule has 2 aromatic carbocycles. The van der Waals surface area contributed by atoms with E-state index >= 15 is 0 Å². The molecule has 0 bridgehead atoms. The van der Waals surface area contributed by atoms with Crippen molar-refractivity contribution in [1.29, 1.82) is 0 Å². The van der Waals surface area contributed by atoms with E-state index in [4.69, 9.17) is 18.8 Å². The number of carbonyl (C=O) groups excluding carboxylic acids is 1. The molecule has 0 radical (unpaired) electrons. The topological polar surface area (TPSA) is 111 Å². The van der Waals surface area contributed by atoms with Crippen molar-refractivity contribution < 1.29 is 32.0 Å². The highest BCUT2D eigenvalue weighted by molar-refractivity contribution is 7.85. The number of ether oxygens (including phenoxy) is 3. The van der Waals surface area contributed by atoms with Gasteiger partial charge in [0.05, 0.1) is 31.9 Å². The molecule has 0 aliphatic rings. The van der Waals surface area contributed by atoms with E-state index in [1.54, 1.807) is 18.2 Å². The SMILES string of the molecule is COc1cc(S(=O)(=O)O)ccc1NC(=O)c1c(OC)cccc1OC. The molecular formula is C16H17NO7S. The first-order valence-electron chi connectivity index (χ1n) is 6.99. The molecular weight excluding hydrogens is 350 g/mol. The Bertz CT molecular complexity index is 871. The van der Waals surface area contributed by atoms with E-state index in [1.807, 2.05) is 0 Å². The minimum absolute atomic E-state index is 0.0670. The third-order valence-corrected chi connectivity index (χ3v) is 4.22. The summed E-state index contributed by atoms with van der Waals surface area (Å²) in [6, 6.07) is 8.45. The summed E-state index contributed by atoms with van der Waals surface area (Å²) in [5, 5.41) is 2.61. The van der Waals surface area contributed by atoms with Crippen LogP contribution in [0.5, 0.6) is 17.2 Å². The van der Waals surface area contributed by atoms with E-state index < -0.39 is 16.0 Å². The van der Waals surface area contributed by atoms with Crippen LogP contribution >= 0.6 is 0 Å². The van der Waals surface area contributed by atoms with Crippen LogP contribution in [0.25, 0.3) is 0 Å². The Labute approximate surface area is 145 Å². The highest BCUT2D eigenvalue weighted by Crippen LogP contribution is 2.32. The molecule has 2 aromatic rings. The van der Waals surface area contributed by atoms with Gasteiger partial charge in [0.1, 0.15) is 22.8 Å². The van der Waals surface area contributed by atoms with Gasteiger partial charge >= 0.3 is 0 Å². The molecule has 0 fully saturated rings. The first-order chi connectivity index (χ1) is 11.8. The van der Waals surface area contributed by atoms with Crippen LogP contribution in [0.15, 0.2) is 41.3 Å². The van der Waals surface area contributed by atoms with Crippen LogP contribution in [0.2, 0.25) is 0 Å². The molecule has 9 heteroatoms. The van der Waals surface area contributed by atoms with Crippen molar-refractivity contribution in [2.75, 3.05) is 26.6 Å². The van der Waals surface area contributed by atoms with Crippen LogP contribution in [0.3, 0.4) is 0 Å². The molecule has 0 spiro atoms. The summed E-state index contributed by atoms with van der Waals surface area (Å²) in [6.07, 6.45) is 0. The van der Waals surface area contributed by atoms with E-state index in [1.165, 1.54) is 27.4 Å². The molecule has 0 atom stereocenters. The van der Waals surface area contributed by atoms with Crippen LogP contribution in [-0.2, 0) is 10.1 Å². The maximum atomic E-state index is 12.6. The average Bonchev–Trinajstić information content (AvgIpc) is 2.60. The predicted octanol–water partition coefficient (Wildman–Crippen LogP) is 2.21. The Morgan fingerprint density at radius 2 is 1.52 bits per heavy atom. The number of rotatable bonds is 6. The molecule has 0 unspecified atom stereocenters. The second kappa shape index (κ2) is 7.41. The lowest BCUT2D eigenvalue weighted by atomic mass is 10.1. The minimum Gasteiger partial charge on any atom is -0.496 e. The van der Waals surface area contributed by atoms with Gasteiger partial charge in [-0.05, 0) is 24.3 Å². The molecule has 0 aliphatic carbocycles. The van der Waals surface area contributed by atoms with Crippen LogP contribution in [-0.4, -0.2) is 40.2 Å². The summed E-state index contributed by atoms with van der Waals surface area (Å²) < 4.78 is 46.9. The highest BCUT2D eigenvalue weighted by Gasteiger charge is 2.20. The molecule has 0 heterocycles. The van der Waals surface area contributed by atoms with Crippen molar-refractivity contribution >= 4 is 21.7 Å². The van der Waals surface area contributed by atoms with E-state index in [0.717, 1.165) is 12.1 Å². The van der Waals surface area contributed by atoms with Gasteiger partial charge in [0, 0.05) is 6.07 Å². The lowest BCUT2D eigenvalue weighted by molar-refractivity contribution is 0.102. The fraction of sp³-hybridized carbons (Fsp3) is 0.188. The Balaban J connectivity index is 2.42. The standard InChI is InChI=1S/C16H17NO7S/c1-22-12-5-4-6-13(23-2)15(12)16(18)17-11-8-7-10(25(19,20)21)9-14(11)24-3/h4-9H,1-3H3,(H,17,18)(H,19,20,21). The zero-order valence-corrected chi connectivity index (χ0v) is 14.6. The summed E-state index contributed by atoms with van der Waals surface area (Å²) >= 11 is 0. The molecule has 0 saturated heterocycles. The van der Waals surface area contributed by atoms with Crippen molar-refractivity contribution in [2.24, 2.45) is 0 Å².